The van der Waals surface area contributed by atoms with E-state index in [1.165, 1.54) is 0 Å². The van der Waals surface area contributed by atoms with Gasteiger partial charge in [-0.1, -0.05) is 11.6 Å². The second kappa shape index (κ2) is 5.44. The average molecular weight is 282 g/mol. The molecule has 19 heavy (non-hydrogen) atoms. The number of hydrogen-bond donors (Lipinski definition) is 1. The monoisotopic (exact) mass is 281 g/mol. The van der Waals surface area contributed by atoms with E-state index in [0.29, 0.717) is 11.6 Å². The van der Waals surface area contributed by atoms with E-state index in [0.717, 1.165) is 17.1 Å². The number of amides is 1. The minimum Gasteiger partial charge on any atom is -0.349 e. The van der Waals surface area contributed by atoms with Crippen molar-refractivity contribution >= 4 is 17.5 Å². The summed E-state index contributed by atoms with van der Waals surface area (Å²) in [4.78, 5) is 11.8. The summed E-state index contributed by atoms with van der Waals surface area (Å²) in [5.74, 6) is -0.108. The van der Waals surface area contributed by atoms with Crippen molar-refractivity contribution in [2.24, 2.45) is 7.05 Å². The Morgan fingerprint density at radius 3 is 2.74 bits per heavy atom. The smallest absolute Gasteiger partial charge is 0.242 e. The zero-order chi connectivity index (χ0) is 14.0. The first-order chi connectivity index (χ1) is 8.99. The van der Waals surface area contributed by atoms with Crippen molar-refractivity contribution in [3.63, 3.8) is 0 Å². The van der Waals surface area contributed by atoms with Crippen molar-refractivity contribution in [3.8, 4) is 0 Å². The molecule has 2 aromatic rings. The zero-order valence-electron chi connectivity index (χ0n) is 11.1. The van der Waals surface area contributed by atoms with Crippen LogP contribution in [-0.2, 0) is 24.9 Å². The van der Waals surface area contributed by atoms with Gasteiger partial charge in [-0.05, 0) is 19.9 Å². The number of halogens is 1. The predicted molar refractivity (Wildman–Crippen MR) is 71.8 cm³/mol. The SMILES string of the molecule is Cc1nn(CC(=O)NCc2ccnn2C)c(C)c1Cl. The molecule has 0 unspecified atom stereocenters. The molecule has 2 rings (SSSR count). The molecule has 0 saturated heterocycles. The Bertz CT molecular complexity index is 601. The van der Waals surface area contributed by atoms with Crippen molar-refractivity contribution in [2.75, 3.05) is 0 Å². The normalized spacial score (nSPS) is 10.7. The minimum absolute atomic E-state index is 0.108. The molecule has 1 amide bonds. The fourth-order valence-corrected chi connectivity index (χ4v) is 1.92. The lowest BCUT2D eigenvalue weighted by Crippen LogP contribution is -2.28. The van der Waals surface area contributed by atoms with Gasteiger partial charge in [0.15, 0.2) is 0 Å². The Balaban J connectivity index is 1.94. The Kier molecular flexibility index (Phi) is 3.90. The number of hydrogen-bond acceptors (Lipinski definition) is 3. The molecule has 6 nitrogen and oxygen atoms in total. The molecule has 0 aliphatic rings. The summed E-state index contributed by atoms with van der Waals surface area (Å²) >= 11 is 6.03. The third-order valence-electron chi connectivity index (χ3n) is 2.98. The minimum atomic E-state index is -0.108. The molecule has 0 aromatic carbocycles. The lowest BCUT2D eigenvalue weighted by Gasteiger charge is -2.07. The Labute approximate surface area is 116 Å². The summed E-state index contributed by atoms with van der Waals surface area (Å²) in [6, 6.07) is 1.86. The fraction of sp³-hybridized carbons (Fsp3) is 0.417. The topological polar surface area (TPSA) is 64.7 Å². The van der Waals surface area contributed by atoms with Gasteiger partial charge in [0.05, 0.1) is 28.6 Å². The maximum absolute atomic E-state index is 11.8. The van der Waals surface area contributed by atoms with E-state index in [1.54, 1.807) is 15.6 Å². The fourth-order valence-electron chi connectivity index (χ4n) is 1.78. The maximum Gasteiger partial charge on any atom is 0.242 e. The van der Waals surface area contributed by atoms with Gasteiger partial charge in [-0.25, -0.2) is 0 Å². The zero-order valence-corrected chi connectivity index (χ0v) is 11.9. The van der Waals surface area contributed by atoms with Crippen LogP contribution in [0.3, 0.4) is 0 Å². The summed E-state index contributed by atoms with van der Waals surface area (Å²) in [6.45, 7) is 4.27. The van der Waals surface area contributed by atoms with E-state index in [4.69, 9.17) is 11.6 Å². The molecule has 2 aromatic heterocycles. The van der Waals surface area contributed by atoms with Crippen molar-refractivity contribution in [1.29, 1.82) is 0 Å². The molecule has 102 valence electrons. The predicted octanol–water partition coefficient (Wildman–Crippen LogP) is 1.20. The van der Waals surface area contributed by atoms with Gasteiger partial charge < -0.3 is 5.32 Å². The number of aryl methyl sites for hydroxylation is 2. The van der Waals surface area contributed by atoms with Gasteiger partial charge in [-0.2, -0.15) is 10.2 Å². The van der Waals surface area contributed by atoms with Crippen molar-refractivity contribution in [1.82, 2.24) is 24.9 Å². The molecular formula is C12H16ClN5O. The first-order valence-corrected chi connectivity index (χ1v) is 6.30. The maximum atomic E-state index is 11.8. The number of carbonyl (C=O) groups excluding carboxylic acids is 1. The van der Waals surface area contributed by atoms with Crippen molar-refractivity contribution in [2.45, 2.75) is 26.9 Å². The number of rotatable bonds is 4. The molecule has 0 radical (unpaired) electrons. The molecule has 0 saturated carbocycles. The third-order valence-corrected chi connectivity index (χ3v) is 3.52. The molecule has 1 N–H and O–H groups in total. The van der Waals surface area contributed by atoms with E-state index < -0.39 is 0 Å². The Morgan fingerprint density at radius 2 is 2.21 bits per heavy atom. The average Bonchev–Trinajstić information content (AvgIpc) is 2.87. The lowest BCUT2D eigenvalue weighted by molar-refractivity contribution is -0.122. The molecule has 0 aliphatic heterocycles. The second-order valence-corrected chi connectivity index (χ2v) is 4.74. The number of aromatic nitrogens is 4. The van der Waals surface area contributed by atoms with Gasteiger partial charge in [0, 0.05) is 13.2 Å². The Morgan fingerprint density at radius 1 is 1.47 bits per heavy atom. The highest BCUT2D eigenvalue weighted by molar-refractivity contribution is 6.31. The summed E-state index contributed by atoms with van der Waals surface area (Å²) in [6.07, 6.45) is 1.70. The Hall–Kier alpha value is -1.82. The van der Waals surface area contributed by atoms with E-state index in [-0.39, 0.29) is 12.5 Å². The van der Waals surface area contributed by atoms with Crippen LogP contribution in [0.5, 0.6) is 0 Å². The van der Waals surface area contributed by atoms with Crippen LogP contribution in [0.15, 0.2) is 12.3 Å². The standard InChI is InChI=1S/C12H16ClN5O/c1-8-12(13)9(2)18(16-8)7-11(19)14-6-10-4-5-15-17(10)3/h4-5H,6-7H2,1-3H3,(H,14,19). The third kappa shape index (κ3) is 2.96. The molecule has 2 heterocycles. The van der Waals surface area contributed by atoms with Gasteiger partial charge in [0.2, 0.25) is 5.91 Å². The largest absolute Gasteiger partial charge is 0.349 e. The highest BCUT2D eigenvalue weighted by Crippen LogP contribution is 2.18. The molecular weight excluding hydrogens is 266 g/mol. The second-order valence-electron chi connectivity index (χ2n) is 4.37. The quantitative estimate of drug-likeness (QED) is 0.916. The molecule has 7 heteroatoms. The first kappa shape index (κ1) is 13.6. The van der Waals surface area contributed by atoms with Crippen LogP contribution in [0.25, 0.3) is 0 Å². The molecule has 0 atom stereocenters. The van der Waals surface area contributed by atoms with Gasteiger partial charge in [0.25, 0.3) is 0 Å². The van der Waals surface area contributed by atoms with Gasteiger partial charge in [-0.3, -0.25) is 14.2 Å². The van der Waals surface area contributed by atoms with Crippen LogP contribution in [-0.4, -0.2) is 25.5 Å². The summed E-state index contributed by atoms with van der Waals surface area (Å²) < 4.78 is 3.33. The van der Waals surface area contributed by atoms with Crippen molar-refractivity contribution in [3.05, 3.63) is 34.4 Å². The summed E-state index contributed by atoms with van der Waals surface area (Å²) in [5.41, 5.74) is 2.48. The first-order valence-electron chi connectivity index (χ1n) is 5.92. The van der Waals surface area contributed by atoms with E-state index in [9.17, 15) is 4.79 Å². The van der Waals surface area contributed by atoms with Crippen LogP contribution < -0.4 is 5.32 Å². The van der Waals surface area contributed by atoms with Crippen molar-refractivity contribution < 1.29 is 4.79 Å². The van der Waals surface area contributed by atoms with Crippen LogP contribution in [0, 0.1) is 13.8 Å². The van der Waals surface area contributed by atoms with E-state index in [2.05, 4.69) is 15.5 Å². The lowest BCUT2D eigenvalue weighted by atomic mass is 10.4. The van der Waals surface area contributed by atoms with Crippen LogP contribution in [0.2, 0.25) is 5.02 Å². The van der Waals surface area contributed by atoms with Gasteiger partial charge in [0.1, 0.15) is 6.54 Å². The summed E-state index contributed by atoms with van der Waals surface area (Å²) in [7, 11) is 1.84. The van der Waals surface area contributed by atoms with Crippen LogP contribution >= 0.6 is 11.6 Å². The summed E-state index contributed by atoms with van der Waals surface area (Å²) in [5, 5.41) is 11.7. The molecule has 0 bridgehead atoms. The van der Waals surface area contributed by atoms with Gasteiger partial charge >= 0.3 is 0 Å². The molecule has 0 spiro atoms. The molecule has 0 aliphatic carbocycles. The van der Waals surface area contributed by atoms with Crippen LogP contribution in [0.4, 0.5) is 0 Å². The van der Waals surface area contributed by atoms with E-state index in [1.807, 2.05) is 27.0 Å². The molecule has 0 fully saturated rings. The number of carbonyl (C=O) groups is 1. The highest BCUT2D eigenvalue weighted by Gasteiger charge is 2.12. The number of nitrogens with zero attached hydrogens (tertiary/aromatic N) is 4. The highest BCUT2D eigenvalue weighted by atomic mass is 35.5. The van der Waals surface area contributed by atoms with Gasteiger partial charge in [-0.15, -0.1) is 0 Å². The van der Waals surface area contributed by atoms with E-state index >= 15 is 0 Å². The van der Waals surface area contributed by atoms with Crippen LogP contribution in [0.1, 0.15) is 17.1 Å². The number of nitrogens with one attached hydrogen (secondary N) is 1.